The molecular weight excluding hydrogens is 320 g/mol. The summed E-state index contributed by atoms with van der Waals surface area (Å²) in [7, 11) is 0. The molecule has 0 aliphatic rings. The Kier molecular flexibility index (Phi) is 5.13. The summed E-state index contributed by atoms with van der Waals surface area (Å²) in [5.41, 5.74) is 3.65. The second-order valence-electron chi connectivity index (χ2n) is 4.74. The molecule has 0 spiro atoms. The molecule has 0 aliphatic heterocycles. The third kappa shape index (κ3) is 3.88. The van der Waals surface area contributed by atoms with Crippen LogP contribution >= 0.6 is 27.3 Å². The fourth-order valence-electron chi connectivity index (χ4n) is 2.27. The summed E-state index contributed by atoms with van der Waals surface area (Å²) in [5, 5.41) is 3.55. The Morgan fingerprint density at radius 3 is 2.74 bits per heavy atom. The molecule has 1 unspecified atom stereocenters. The number of halogens is 1. The van der Waals surface area contributed by atoms with Crippen molar-refractivity contribution >= 4 is 27.3 Å². The molecule has 1 atom stereocenters. The number of hydrogen-bond acceptors (Lipinski definition) is 3. The second-order valence-corrected chi connectivity index (χ2v) is 7.28. The minimum absolute atomic E-state index is 0.288. The Morgan fingerprint density at radius 2 is 2.16 bits per heavy atom. The van der Waals surface area contributed by atoms with Crippen molar-refractivity contribution in [3.05, 3.63) is 49.9 Å². The van der Waals surface area contributed by atoms with E-state index in [1.165, 1.54) is 19.8 Å². The van der Waals surface area contributed by atoms with Gasteiger partial charge in [0.15, 0.2) is 0 Å². The number of likely N-dealkylation sites (N-methyl/N-ethyl adjacent to an activating group) is 1. The van der Waals surface area contributed by atoms with Crippen LogP contribution in [0.25, 0.3) is 0 Å². The van der Waals surface area contributed by atoms with Gasteiger partial charge in [-0.15, -0.1) is 11.3 Å². The van der Waals surface area contributed by atoms with Gasteiger partial charge >= 0.3 is 0 Å². The second kappa shape index (κ2) is 6.64. The van der Waals surface area contributed by atoms with Crippen LogP contribution in [-0.4, -0.2) is 11.5 Å². The van der Waals surface area contributed by atoms with E-state index in [0.29, 0.717) is 0 Å². The molecule has 19 heavy (non-hydrogen) atoms. The van der Waals surface area contributed by atoms with Gasteiger partial charge in [-0.2, -0.15) is 0 Å². The Morgan fingerprint density at radius 1 is 1.37 bits per heavy atom. The van der Waals surface area contributed by atoms with Crippen molar-refractivity contribution in [2.45, 2.75) is 33.2 Å². The first kappa shape index (κ1) is 14.7. The predicted octanol–water partition coefficient (Wildman–Crippen LogP) is 4.42. The van der Waals surface area contributed by atoms with Crippen molar-refractivity contribution in [1.29, 1.82) is 0 Å². The standard InChI is InChI=1S/C15H19BrN2S/c1-4-17-13(8-12-5-6-14(16)19-12)15-11(3)7-10(2)9-18-15/h5-7,9,13,17H,4,8H2,1-3H3. The highest BCUT2D eigenvalue weighted by Crippen LogP contribution is 2.27. The summed E-state index contributed by atoms with van der Waals surface area (Å²) in [5.74, 6) is 0. The third-order valence-corrected chi connectivity index (χ3v) is 4.72. The summed E-state index contributed by atoms with van der Waals surface area (Å²) in [4.78, 5) is 6.00. The molecule has 0 aliphatic carbocycles. The van der Waals surface area contributed by atoms with Gasteiger partial charge in [0.1, 0.15) is 0 Å². The lowest BCUT2D eigenvalue weighted by Gasteiger charge is -2.19. The number of aromatic nitrogens is 1. The monoisotopic (exact) mass is 338 g/mol. The molecule has 4 heteroatoms. The molecule has 0 amide bonds. The predicted molar refractivity (Wildman–Crippen MR) is 85.9 cm³/mol. The molecule has 102 valence electrons. The average molecular weight is 339 g/mol. The lowest BCUT2D eigenvalue weighted by Crippen LogP contribution is -2.24. The molecule has 2 heterocycles. The number of hydrogen-bond donors (Lipinski definition) is 1. The average Bonchev–Trinajstić information content (AvgIpc) is 2.74. The largest absolute Gasteiger partial charge is 0.309 e. The molecule has 0 bridgehead atoms. The molecule has 0 aromatic carbocycles. The van der Waals surface area contributed by atoms with Gasteiger partial charge in [-0.3, -0.25) is 4.98 Å². The van der Waals surface area contributed by atoms with Gasteiger partial charge in [-0.05, 0) is 59.6 Å². The topological polar surface area (TPSA) is 24.9 Å². The SMILES string of the molecule is CCNC(Cc1ccc(Br)s1)c1ncc(C)cc1C. The van der Waals surface area contributed by atoms with Crippen LogP contribution in [0.2, 0.25) is 0 Å². The zero-order chi connectivity index (χ0) is 13.8. The Labute approximate surface area is 127 Å². The first-order valence-electron chi connectivity index (χ1n) is 6.51. The number of pyridine rings is 1. The van der Waals surface area contributed by atoms with Crippen LogP contribution in [0.4, 0.5) is 0 Å². The molecule has 1 N–H and O–H groups in total. The van der Waals surface area contributed by atoms with Crippen LogP contribution in [0.15, 0.2) is 28.2 Å². The first-order valence-corrected chi connectivity index (χ1v) is 8.12. The quantitative estimate of drug-likeness (QED) is 0.872. The summed E-state index contributed by atoms with van der Waals surface area (Å²) in [6.07, 6.45) is 2.94. The molecule has 2 aromatic rings. The summed E-state index contributed by atoms with van der Waals surface area (Å²) in [6, 6.07) is 6.79. The molecular formula is C15H19BrN2S. The summed E-state index contributed by atoms with van der Waals surface area (Å²) < 4.78 is 1.19. The zero-order valence-electron chi connectivity index (χ0n) is 11.5. The van der Waals surface area contributed by atoms with Crippen molar-refractivity contribution in [3.8, 4) is 0 Å². The third-order valence-electron chi connectivity index (χ3n) is 3.07. The molecule has 0 saturated heterocycles. The van der Waals surface area contributed by atoms with E-state index >= 15 is 0 Å². The zero-order valence-corrected chi connectivity index (χ0v) is 13.9. The van der Waals surface area contributed by atoms with Crippen molar-refractivity contribution < 1.29 is 0 Å². The van der Waals surface area contributed by atoms with E-state index in [4.69, 9.17) is 0 Å². The molecule has 2 rings (SSSR count). The smallest absolute Gasteiger partial charge is 0.0701 e. The van der Waals surface area contributed by atoms with E-state index in [1.807, 2.05) is 6.20 Å². The van der Waals surface area contributed by atoms with E-state index in [2.05, 4.69) is 65.2 Å². The van der Waals surface area contributed by atoms with Gasteiger partial charge in [0.25, 0.3) is 0 Å². The van der Waals surface area contributed by atoms with Crippen LogP contribution < -0.4 is 5.32 Å². The van der Waals surface area contributed by atoms with Crippen molar-refractivity contribution in [2.24, 2.45) is 0 Å². The maximum Gasteiger partial charge on any atom is 0.0701 e. The van der Waals surface area contributed by atoms with Gasteiger partial charge in [0.05, 0.1) is 15.5 Å². The lowest BCUT2D eigenvalue weighted by molar-refractivity contribution is 0.537. The van der Waals surface area contributed by atoms with E-state index in [-0.39, 0.29) is 6.04 Å². The highest BCUT2D eigenvalue weighted by molar-refractivity contribution is 9.11. The van der Waals surface area contributed by atoms with Crippen molar-refractivity contribution in [1.82, 2.24) is 10.3 Å². The Balaban J connectivity index is 2.23. The minimum atomic E-state index is 0.288. The van der Waals surface area contributed by atoms with E-state index in [1.54, 1.807) is 11.3 Å². The number of rotatable bonds is 5. The molecule has 2 aromatic heterocycles. The molecule has 0 radical (unpaired) electrons. The van der Waals surface area contributed by atoms with Crippen LogP contribution in [0, 0.1) is 13.8 Å². The number of thiophene rings is 1. The molecule has 2 nitrogen and oxygen atoms in total. The van der Waals surface area contributed by atoms with Crippen LogP contribution in [0.3, 0.4) is 0 Å². The van der Waals surface area contributed by atoms with Crippen molar-refractivity contribution in [3.63, 3.8) is 0 Å². The normalized spacial score (nSPS) is 12.6. The Bertz CT molecular complexity index is 551. The fraction of sp³-hybridized carbons (Fsp3) is 0.400. The highest BCUT2D eigenvalue weighted by Gasteiger charge is 2.16. The maximum absolute atomic E-state index is 4.63. The lowest BCUT2D eigenvalue weighted by atomic mass is 10.0. The van der Waals surface area contributed by atoms with Gasteiger partial charge in [-0.25, -0.2) is 0 Å². The number of aryl methyl sites for hydroxylation is 2. The van der Waals surface area contributed by atoms with Gasteiger partial charge < -0.3 is 5.32 Å². The Hall–Kier alpha value is -0.710. The van der Waals surface area contributed by atoms with E-state index in [9.17, 15) is 0 Å². The minimum Gasteiger partial charge on any atom is -0.309 e. The summed E-state index contributed by atoms with van der Waals surface area (Å²) in [6.45, 7) is 7.32. The fourth-order valence-corrected chi connectivity index (χ4v) is 3.79. The number of nitrogens with zero attached hydrogens (tertiary/aromatic N) is 1. The van der Waals surface area contributed by atoms with Crippen LogP contribution in [0.5, 0.6) is 0 Å². The van der Waals surface area contributed by atoms with Crippen LogP contribution in [-0.2, 0) is 6.42 Å². The van der Waals surface area contributed by atoms with E-state index in [0.717, 1.165) is 18.7 Å². The molecule has 0 saturated carbocycles. The highest BCUT2D eigenvalue weighted by atomic mass is 79.9. The van der Waals surface area contributed by atoms with Gasteiger partial charge in [-0.1, -0.05) is 13.0 Å². The maximum atomic E-state index is 4.63. The number of nitrogens with one attached hydrogen (secondary N) is 1. The van der Waals surface area contributed by atoms with Gasteiger partial charge in [0, 0.05) is 17.5 Å². The van der Waals surface area contributed by atoms with E-state index < -0.39 is 0 Å². The first-order chi connectivity index (χ1) is 9.10. The molecule has 0 fully saturated rings. The summed E-state index contributed by atoms with van der Waals surface area (Å²) >= 11 is 5.32. The van der Waals surface area contributed by atoms with Crippen molar-refractivity contribution in [2.75, 3.05) is 6.54 Å². The van der Waals surface area contributed by atoms with Gasteiger partial charge in [0.2, 0.25) is 0 Å². The van der Waals surface area contributed by atoms with Crippen LogP contribution in [0.1, 0.15) is 34.7 Å².